The van der Waals surface area contributed by atoms with E-state index in [1.807, 2.05) is 29.2 Å². The molecular weight excluding hydrogens is 336 g/mol. The second kappa shape index (κ2) is 7.29. The Balaban J connectivity index is 1.30. The molecule has 0 atom stereocenters. The van der Waals surface area contributed by atoms with Crippen LogP contribution in [0.1, 0.15) is 10.4 Å². The number of nitrogens with one attached hydrogen (secondary N) is 1. The van der Waals surface area contributed by atoms with Gasteiger partial charge in [0.05, 0.1) is 31.1 Å². The fourth-order valence-electron chi connectivity index (χ4n) is 3.17. The summed E-state index contributed by atoms with van der Waals surface area (Å²) in [4.78, 5) is 17.3. The predicted molar refractivity (Wildman–Crippen MR) is 96.9 cm³/mol. The molecule has 0 aliphatic carbocycles. The number of benzene rings is 1. The molecule has 2 aliphatic heterocycles. The maximum absolute atomic E-state index is 12.4. The zero-order chi connectivity index (χ0) is 17.1. The Morgan fingerprint density at radius 3 is 2.84 bits per heavy atom. The van der Waals surface area contributed by atoms with Crippen molar-refractivity contribution in [2.75, 3.05) is 33.0 Å². The van der Waals surface area contributed by atoms with Crippen LogP contribution in [0.3, 0.4) is 0 Å². The van der Waals surface area contributed by atoms with Gasteiger partial charge in [-0.05, 0) is 35.2 Å². The molecule has 0 saturated carbocycles. The number of thiophene rings is 1. The summed E-state index contributed by atoms with van der Waals surface area (Å²) < 4.78 is 10.7. The van der Waals surface area contributed by atoms with E-state index < -0.39 is 0 Å². The molecule has 0 spiro atoms. The van der Waals surface area contributed by atoms with Crippen LogP contribution in [0.2, 0.25) is 0 Å². The number of carbonyl (C=O) groups is 1. The van der Waals surface area contributed by atoms with Crippen LogP contribution in [0.5, 0.6) is 11.5 Å². The number of hydrogen-bond donors (Lipinski definition) is 1. The number of carbonyl (C=O) groups excluding carboxylic acids is 1. The summed E-state index contributed by atoms with van der Waals surface area (Å²) in [6.45, 7) is 4.95. The van der Waals surface area contributed by atoms with Gasteiger partial charge in [0, 0.05) is 6.08 Å². The Morgan fingerprint density at radius 2 is 2.04 bits per heavy atom. The quantitative estimate of drug-likeness (QED) is 0.842. The Kier molecular flexibility index (Phi) is 4.72. The van der Waals surface area contributed by atoms with Gasteiger partial charge in [0.15, 0.2) is 11.5 Å². The van der Waals surface area contributed by atoms with Crippen LogP contribution >= 0.6 is 11.3 Å². The standard InChI is InChI=1S/C19H20N2O3S/c22-19(6-4-15-3-5-17-18(12-15)24-14-23-17)21-9-7-20(8-10-21)13-16-2-1-11-25-16/h1-6,11-12H,7-10,13-14H2/p+1/b6-4+. The minimum Gasteiger partial charge on any atom is -0.454 e. The highest BCUT2D eigenvalue weighted by atomic mass is 32.1. The highest BCUT2D eigenvalue weighted by molar-refractivity contribution is 7.09. The Bertz CT molecular complexity index is 765. The van der Waals surface area contributed by atoms with E-state index in [4.69, 9.17) is 9.47 Å². The van der Waals surface area contributed by atoms with Crippen LogP contribution in [0, 0.1) is 0 Å². The average Bonchev–Trinajstić information content (AvgIpc) is 3.31. The molecule has 5 nitrogen and oxygen atoms in total. The van der Waals surface area contributed by atoms with Crippen LogP contribution in [-0.4, -0.2) is 43.8 Å². The van der Waals surface area contributed by atoms with Crippen molar-refractivity contribution in [1.82, 2.24) is 4.90 Å². The molecule has 25 heavy (non-hydrogen) atoms. The van der Waals surface area contributed by atoms with Crippen molar-refractivity contribution in [2.24, 2.45) is 0 Å². The number of quaternary nitrogens is 1. The second-order valence-corrected chi connectivity index (χ2v) is 7.31. The molecule has 1 aromatic heterocycles. The first kappa shape index (κ1) is 16.2. The van der Waals surface area contributed by atoms with E-state index in [1.54, 1.807) is 22.3 Å². The average molecular weight is 357 g/mol. The molecule has 1 N–H and O–H groups in total. The lowest BCUT2D eigenvalue weighted by atomic mass is 10.2. The number of fused-ring (bicyclic) bond motifs is 1. The monoisotopic (exact) mass is 357 g/mol. The van der Waals surface area contributed by atoms with E-state index in [9.17, 15) is 4.79 Å². The third-order valence-electron chi connectivity index (χ3n) is 4.60. The van der Waals surface area contributed by atoms with Crippen LogP contribution in [0.15, 0.2) is 41.8 Å². The van der Waals surface area contributed by atoms with Crippen molar-refractivity contribution < 1.29 is 19.2 Å². The summed E-state index contributed by atoms with van der Waals surface area (Å²) in [5, 5.41) is 2.12. The molecule has 3 heterocycles. The van der Waals surface area contributed by atoms with Crippen molar-refractivity contribution in [2.45, 2.75) is 6.54 Å². The molecule has 130 valence electrons. The van der Waals surface area contributed by atoms with Gasteiger partial charge in [0.2, 0.25) is 12.7 Å². The SMILES string of the molecule is O=C(/C=C/c1ccc2c(c1)OCO2)N1CC[NH+](Cc2cccs2)CC1. The van der Waals surface area contributed by atoms with Gasteiger partial charge in [-0.25, -0.2) is 0 Å². The van der Waals surface area contributed by atoms with E-state index in [0.717, 1.165) is 49.8 Å². The van der Waals surface area contributed by atoms with Crippen molar-refractivity contribution >= 4 is 23.3 Å². The van der Waals surface area contributed by atoms with Gasteiger partial charge in [-0.1, -0.05) is 12.1 Å². The first-order chi connectivity index (χ1) is 12.3. The van der Waals surface area contributed by atoms with Gasteiger partial charge >= 0.3 is 0 Å². The van der Waals surface area contributed by atoms with Crippen molar-refractivity contribution in [1.29, 1.82) is 0 Å². The summed E-state index contributed by atoms with van der Waals surface area (Å²) >= 11 is 1.81. The molecule has 1 amide bonds. The van der Waals surface area contributed by atoms with Crippen LogP contribution in [0.25, 0.3) is 6.08 Å². The van der Waals surface area contributed by atoms with Crippen LogP contribution < -0.4 is 14.4 Å². The van der Waals surface area contributed by atoms with E-state index in [0.29, 0.717) is 0 Å². The van der Waals surface area contributed by atoms with Gasteiger partial charge < -0.3 is 19.3 Å². The minimum absolute atomic E-state index is 0.0767. The molecule has 0 radical (unpaired) electrons. The molecule has 1 saturated heterocycles. The molecule has 2 aliphatic rings. The van der Waals surface area contributed by atoms with Gasteiger partial charge in [-0.2, -0.15) is 0 Å². The van der Waals surface area contributed by atoms with Crippen molar-refractivity contribution in [3.63, 3.8) is 0 Å². The fourth-order valence-corrected chi connectivity index (χ4v) is 3.95. The van der Waals surface area contributed by atoms with Crippen molar-refractivity contribution in [3.05, 3.63) is 52.2 Å². The summed E-state index contributed by atoms with van der Waals surface area (Å²) in [5.41, 5.74) is 0.944. The molecule has 1 fully saturated rings. The number of ether oxygens (including phenoxy) is 2. The summed E-state index contributed by atoms with van der Waals surface area (Å²) in [7, 11) is 0. The lowest BCUT2D eigenvalue weighted by Gasteiger charge is -2.31. The maximum atomic E-state index is 12.4. The van der Waals surface area contributed by atoms with E-state index in [1.165, 1.54) is 4.88 Å². The van der Waals surface area contributed by atoms with Crippen molar-refractivity contribution in [3.8, 4) is 11.5 Å². The number of piperazine rings is 1. The molecule has 0 bridgehead atoms. The first-order valence-corrected chi connectivity index (χ1v) is 9.38. The Morgan fingerprint density at radius 1 is 1.20 bits per heavy atom. The minimum atomic E-state index is 0.0767. The third-order valence-corrected chi connectivity index (χ3v) is 5.48. The van der Waals surface area contributed by atoms with Crippen LogP contribution in [-0.2, 0) is 11.3 Å². The Labute approximate surface area is 151 Å². The van der Waals surface area contributed by atoms with Gasteiger partial charge in [-0.15, -0.1) is 11.3 Å². The molecule has 0 unspecified atom stereocenters. The fraction of sp³-hybridized carbons (Fsp3) is 0.316. The number of rotatable bonds is 4. The number of nitrogens with zero attached hydrogens (tertiary/aromatic N) is 1. The molecule has 6 heteroatoms. The number of hydrogen-bond acceptors (Lipinski definition) is 4. The van der Waals surface area contributed by atoms with E-state index in [-0.39, 0.29) is 12.7 Å². The Hall–Kier alpha value is -2.31. The normalized spacial score (nSPS) is 17.4. The van der Waals surface area contributed by atoms with Gasteiger partial charge in [-0.3, -0.25) is 4.79 Å². The van der Waals surface area contributed by atoms with E-state index >= 15 is 0 Å². The smallest absolute Gasteiger partial charge is 0.246 e. The second-order valence-electron chi connectivity index (χ2n) is 6.28. The molecule has 1 aromatic carbocycles. The topological polar surface area (TPSA) is 43.2 Å². The lowest BCUT2D eigenvalue weighted by molar-refractivity contribution is -0.917. The van der Waals surface area contributed by atoms with Gasteiger partial charge in [0.1, 0.15) is 6.54 Å². The van der Waals surface area contributed by atoms with Crippen LogP contribution in [0.4, 0.5) is 0 Å². The summed E-state index contributed by atoms with van der Waals surface area (Å²) in [6, 6.07) is 9.98. The zero-order valence-corrected chi connectivity index (χ0v) is 14.8. The number of amides is 1. The van der Waals surface area contributed by atoms with Gasteiger partial charge in [0.25, 0.3) is 0 Å². The molecule has 4 rings (SSSR count). The maximum Gasteiger partial charge on any atom is 0.246 e. The largest absolute Gasteiger partial charge is 0.454 e. The lowest BCUT2D eigenvalue weighted by Crippen LogP contribution is -3.13. The van der Waals surface area contributed by atoms with E-state index in [2.05, 4.69) is 17.5 Å². The zero-order valence-electron chi connectivity index (χ0n) is 13.9. The molecular formula is C19H21N2O3S+. The third kappa shape index (κ3) is 3.86. The predicted octanol–water partition coefficient (Wildman–Crippen LogP) is 1.42. The highest BCUT2D eigenvalue weighted by Gasteiger charge is 2.22. The summed E-state index contributed by atoms with van der Waals surface area (Å²) in [6.07, 6.45) is 3.50. The highest BCUT2D eigenvalue weighted by Crippen LogP contribution is 2.32. The first-order valence-electron chi connectivity index (χ1n) is 8.50. The molecule has 2 aromatic rings. The summed E-state index contributed by atoms with van der Waals surface area (Å²) in [5.74, 6) is 1.57.